The molecule has 0 aliphatic carbocycles. The maximum absolute atomic E-state index is 5.49. The molecular formula is C10H11N5. The number of nitrogens with one attached hydrogen (secondary N) is 1. The molecule has 0 spiro atoms. The van der Waals surface area contributed by atoms with E-state index < -0.39 is 0 Å². The molecule has 0 atom stereocenters. The highest BCUT2D eigenvalue weighted by Gasteiger charge is 1.99. The minimum atomic E-state index is 0.180. The molecule has 1 aromatic carbocycles. The first-order valence-corrected chi connectivity index (χ1v) is 4.45. The van der Waals surface area contributed by atoms with Crippen molar-refractivity contribution in [1.82, 2.24) is 10.4 Å². The number of fused-ring (bicyclic) bond motifs is 1. The lowest BCUT2D eigenvalue weighted by Gasteiger charge is -2.02. The summed E-state index contributed by atoms with van der Waals surface area (Å²) in [5, 5.41) is 2.01. The normalized spacial score (nSPS) is 11.7. The number of nitrogens with zero attached hydrogens (tertiary/aromatic N) is 2. The van der Waals surface area contributed by atoms with Gasteiger partial charge in [0.25, 0.3) is 0 Å². The molecule has 2 rings (SSSR count). The number of rotatable bonds is 1. The molecule has 76 valence electrons. The van der Waals surface area contributed by atoms with Crippen LogP contribution in [0, 0.1) is 0 Å². The van der Waals surface area contributed by atoms with E-state index in [1.54, 1.807) is 12.4 Å². The van der Waals surface area contributed by atoms with Crippen molar-refractivity contribution in [2.45, 2.75) is 0 Å². The van der Waals surface area contributed by atoms with Crippen LogP contribution in [0.5, 0.6) is 0 Å². The van der Waals surface area contributed by atoms with Gasteiger partial charge >= 0.3 is 0 Å². The number of hydrogen-bond donors (Lipinski definition) is 3. The zero-order valence-electron chi connectivity index (χ0n) is 8.01. The van der Waals surface area contributed by atoms with Crippen molar-refractivity contribution in [3.8, 4) is 0 Å². The van der Waals surface area contributed by atoms with E-state index in [2.05, 4.69) is 15.4 Å². The van der Waals surface area contributed by atoms with Gasteiger partial charge in [-0.3, -0.25) is 10.4 Å². The molecule has 5 nitrogen and oxygen atoms in total. The lowest BCUT2D eigenvalue weighted by atomic mass is 10.1. The summed E-state index contributed by atoms with van der Waals surface area (Å²) in [6.45, 7) is 0. The van der Waals surface area contributed by atoms with Gasteiger partial charge in [-0.05, 0) is 12.1 Å². The molecule has 1 heterocycles. The molecule has 5 heteroatoms. The number of nitrogens with two attached hydrogens (primary N) is 2. The third kappa shape index (κ3) is 1.87. The molecular weight excluding hydrogens is 190 g/mol. The molecule has 0 unspecified atom stereocenters. The second kappa shape index (κ2) is 3.93. The lowest BCUT2D eigenvalue weighted by Crippen LogP contribution is -2.36. The Bertz CT molecular complexity index is 501. The number of hydrazine groups is 1. The third-order valence-electron chi connectivity index (χ3n) is 2.05. The Morgan fingerprint density at radius 1 is 1.33 bits per heavy atom. The van der Waals surface area contributed by atoms with E-state index in [1.165, 1.54) is 0 Å². The molecule has 0 aliphatic heterocycles. The Labute approximate surface area is 86.8 Å². The predicted molar refractivity (Wildman–Crippen MR) is 60.3 cm³/mol. The number of benzene rings is 1. The van der Waals surface area contributed by atoms with Crippen LogP contribution < -0.4 is 17.0 Å². The van der Waals surface area contributed by atoms with Gasteiger partial charge in [-0.1, -0.05) is 12.1 Å². The van der Waals surface area contributed by atoms with Crippen LogP contribution in [0.15, 0.2) is 41.7 Å². The number of hydrogen-bond acceptors (Lipinski definition) is 3. The topological polar surface area (TPSA) is 89.3 Å². The predicted octanol–water partition coefficient (Wildman–Crippen LogP) is 0.644. The first-order valence-electron chi connectivity index (χ1n) is 4.45. The maximum Gasteiger partial charge on any atom is 0.208 e. The van der Waals surface area contributed by atoms with Gasteiger partial charge in [0.1, 0.15) is 0 Å². The van der Waals surface area contributed by atoms with Crippen molar-refractivity contribution < 1.29 is 0 Å². The zero-order valence-corrected chi connectivity index (χ0v) is 8.01. The summed E-state index contributed by atoms with van der Waals surface area (Å²) in [7, 11) is 0. The summed E-state index contributed by atoms with van der Waals surface area (Å²) in [6.07, 6.45) is 3.49. The molecule has 0 fully saturated rings. The van der Waals surface area contributed by atoms with Crippen molar-refractivity contribution in [3.63, 3.8) is 0 Å². The molecule has 2 aromatic rings. The summed E-state index contributed by atoms with van der Waals surface area (Å²) in [6, 6.07) is 7.62. The van der Waals surface area contributed by atoms with E-state index in [0.29, 0.717) is 0 Å². The minimum Gasteiger partial charge on any atom is -0.369 e. The monoisotopic (exact) mass is 201 g/mol. The molecule has 0 saturated heterocycles. The van der Waals surface area contributed by atoms with Gasteiger partial charge < -0.3 is 5.73 Å². The Morgan fingerprint density at radius 2 is 2.20 bits per heavy atom. The second-order valence-electron chi connectivity index (χ2n) is 3.02. The van der Waals surface area contributed by atoms with E-state index >= 15 is 0 Å². The first-order chi connectivity index (χ1) is 7.31. The van der Waals surface area contributed by atoms with Gasteiger partial charge in [0, 0.05) is 23.2 Å². The molecule has 5 N–H and O–H groups in total. The summed E-state index contributed by atoms with van der Waals surface area (Å²) >= 11 is 0. The fraction of sp³-hybridized carbons (Fsp3) is 0. The van der Waals surface area contributed by atoms with Crippen LogP contribution in [-0.2, 0) is 0 Å². The molecule has 0 saturated carbocycles. The van der Waals surface area contributed by atoms with Gasteiger partial charge in [0.2, 0.25) is 5.96 Å². The van der Waals surface area contributed by atoms with E-state index in [1.807, 2.05) is 24.3 Å². The Morgan fingerprint density at radius 3 is 3.00 bits per heavy atom. The standard InChI is InChI=1S/C10H11N5/c11-10(15-12)14-9-3-1-2-7-6-13-5-4-8(7)9/h1-6H,12H2,(H3,11,14,15). The molecule has 15 heavy (non-hydrogen) atoms. The van der Waals surface area contributed by atoms with Crippen molar-refractivity contribution in [3.05, 3.63) is 36.7 Å². The molecule has 0 aliphatic rings. The summed E-state index contributed by atoms with van der Waals surface area (Å²) in [5.41, 5.74) is 8.55. The van der Waals surface area contributed by atoms with Crippen LogP contribution in [0.2, 0.25) is 0 Å². The van der Waals surface area contributed by atoms with Crippen molar-refractivity contribution >= 4 is 22.4 Å². The van der Waals surface area contributed by atoms with Crippen LogP contribution in [0.3, 0.4) is 0 Å². The molecule has 1 aromatic heterocycles. The minimum absolute atomic E-state index is 0.180. The number of aromatic nitrogens is 1. The average Bonchev–Trinajstić information content (AvgIpc) is 2.29. The summed E-state index contributed by atoms with van der Waals surface area (Å²) in [4.78, 5) is 8.17. The van der Waals surface area contributed by atoms with Crippen LogP contribution in [0.1, 0.15) is 0 Å². The van der Waals surface area contributed by atoms with Gasteiger partial charge in [0.05, 0.1) is 5.69 Å². The summed E-state index contributed by atoms with van der Waals surface area (Å²) in [5.74, 6) is 5.33. The molecule has 0 bridgehead atoms. The quantitative estimate of drug-likeness (QED) is 0.273. The highest BCUT2D eigenvalue weighted by atomic mass is 15.3. The number of aliphatic imine (C=N–C) groups is 1. The third-order valence-corrected chi connectivity index (χ3v) is 2.05. The van der Waals surface area contributed by atoms with Crippen LogP contribution in [0.4, 0.5) is 5.69 Å². The van der Waals surface area contributed by atoms with Crippen molar-refractivity contribution in [2.75, 3.05) is 0 Å². The SMILES string of the molecule is NNC(N)=Nc1cccc2cnccc12. The second-order valence-corrected chi connectivity index (χ2v) is 3.02. The van der Waals surface area contributed by atoms with Crippen molar-refractivity contribution in [1.29, 1.82) is 0 Å². The molecule has 0 amide bonds. The van der Waals surface area contributed by atoms with Crippen LogP contribution in [0.25, 0.3) is 10.8 Å². The van der Waals surface area contributed by atoms with Gasteiger partial charge in [-0.2, -0.15) is 0 Å². The fourth-order valence-electron chi connectivity index (χ4n) is 1.36. The lowest BCUT2D eigenvalue weighted by molar-refractivity contribution is 1.01. The Kier molecular flexibility index (Phi) is 2.47. The van der Waals surface area contributed by atoms with Crippen LogP contribution in [-0.4, -0.2) is 10.9 Å². The molecule has 0 radical (unpaired) electrons. The van der Waals surface area contributed by atoms with E-state index in [-0.39, 0.29) is 5.96 Å². The zero-order chi connectivity index (χ0) is 10.7. The number of guanidine groups is 1. The van der Waals surface area contributed by atoms with Gasteiger partial charge in [-0.15, -0.1) is 0 Å². The summed E-state index contributed by atoms with van der Waals surface area (Å²) < 4.78 is 0. The largest absolute Gasteiger partial charge is 0.369 e. The Hall–Kier alpha value is -2.14. The average molecular weight is 201 g/mol. The maximum atomic E-state index is 5.49. The fourth-order valence-corrected chi connectivity index (χ4v) is 1.36. The highest BCUT2D eigenvalue weighted by Crippen LogP contribution is 2.24. The Balaban J connectivity index is 2.61. The van der Waals surface area contributed by atoms with E-state index in [0.717, 1.165) is 16.5 Å². The first kappa shape index (κ1) is 9.42. The van der Waals surface area contributed by atoms with Crippen LogP contribution >= 0.6 is 0 Å². The van der Waals surface area contributed by atoms with Gasteiger partial charge in [-0.25, -0.2) is 10.8 Å². The van der Waals surface area contributed by atoms with Gasteiger partial charge in [0.15, 0.2) is 0 Å². The van der Waals surface area contributed by atoms with E-state index in [4.69, 9.17) is 11.6 Å². The number of pyridine rings is 1. The van der Waals surface area contributed by atoms with E-state index in [9.17, 15) is 0 Å². The highest BCUT2D eigenvalue weighted by molar-refractivity contribution is 5.94. The van der Waals surface area contributed by atoms with Crippen molar-refractivity contribution in [2.24, 2.45) is 16.6 Å². The smallest absolute Gasteiger partial charge is 0.208 e.